The number of nitrogens with one attached hydrogen (secondary N) is 1. The molecule has 1 aromatic heterocycles. The number of para-hydroxylation sites is 2. The fraction of sp³-hybridized carbons (Fsp3) is 0.480. The lowest BCUT2D eigenvalue weighted by Gasteiger charge is -2.44. The van der Waals surface area contributed by atoms with Crippen molar-refractivity contribution in [3.63, 3.8) is 0 Å². The summed E-state index contributed by atoms with van der Waals surface area (Å²) < 4.78 is 2.60. The lowest BCUT2D eigenvalue weighted by molar-refractivity contribution is 0.0753. The summed E-state index contributed by atoms with van der Waals surface area (Å²) in [5.41, 5.74) is 3.95. The topological polar surface area (TPSA) is 33.1 Å². The minimum atomic E-state index is 0.0709. The number of rotatable bonds is 4. The Hall–Kier alpha value is -2.17. The van der Waals surface area contributed by atoms with Crippen molar-refractivity contribution in [3.05, 3.63) is 66.0 Å². The third-order valence-corrected chi connectivity index (χ3v) is 7.15. The molecule has 2 aliphatic rings. The van der Waals surface area contributed by atoms with Gasteiger partial charge < -0.3 is 9.88 Å². The van der Waals surface area contributed by atoms with Crippen molar-refractivity contribution in [3.8, 4) is 0 Å². The van der Waals surface area contributed by atoms with Crippen molar-refractivity contribution in [1.29, 1.82) is 0 Å². The van der Waals surface area contributed by atoms with Crippen LogP contribution in [0.1, 0.15) is 56.5 Å². The average Bonchev–Trinajstić information content (AvgIpc) is 3.42. The van der Waals surface area contributed by atoms with Crippen molar-refractivity contribution >= 4 is 11.0 Å². The molecule has 0 unspecified atom stereocenters. The van der Waals surface area contributed by atoms with Crippen LogP contribution in [0.25, 0.3) is 11.0 Å². The monoisotopic (exact) mass is 388 g/mol. The largest absolute Gasteiger partial charge is 0.324 e. The highest BCUT2D eigenvalue weighted by atomic mass is 15.2. The van der Waals surface area contributed by atoms with E-state index in [-0.39, 0.29) is 5.54 Å². The van der Waals surface area contributed by atoms with E-state index in [2.05, 4.69) is 83.2 Å². The van der Waals surface area contributed by atoms with E-state index < -0.39 is 0 Å². The standard InChI is InChI=1S/C25H32N4/c1-25(2,20-8-4-3-5-9-20)28-16-13-21(14-17-28)29-23-11-7-6-10-22(23)27-24(29)19-12-15-26-18-19/h3-11,19,21,26H,12-18H2,1-2H3/t19-/m1/s1. The molecule has 152 valence electrons. The second-order valence-corrected chi connectivity index (χ2v) is 9.16. The van der Waals surface area contributed by atoms with Crippen LogP contribution in [-0.2, 0) is 5.54 Å². The Bertz CT molecular complexity index is 961. The molecule has 2 aliphatic heterocycles. The van der Waals surface area contributed by atoms with Gasteiger partial charge >= 0.3 is 0 Å². The van der Waals surface area contributed by atoms with Gasteiger partial charge in [-0.05, 0) is 57.4 Å². The highest BCUT2D eigenvalue weighted by molar-refractivity contribution is 5.76. The fourth-order valence-corrected chi connectivity index (χ4v) is 5.32. The van der Waals surface area contributed by atoms with Gasteiger partial charge in [-0.25, -0.2) is 4.98 Å². The number of likely N-dealkylation sites (tertiary alicyclic amines) is 1. The first kappa shape index (κ1) is 18.8. The maximum Gasteiger partial charge on any atom is 0.114 e. The first-order chi connectivity index (χ1) is 14.1. The average molecular weight is 389 g/mol. The van der Waals surface area contributed by atoms with Crippen molar-refractivity contribution in [2.75, 3.05) is 26.2 Å². The molecule has 0 saturated carbocycles. The van der Waals surface area contributed by atoms with E-state index in [4.69, 9.17) is 4.98 Å². The van der Waals surface area contributed by atoms with Crippen LogP contribution in [0.3, 0.4) is 0 Å². The number of hydrogen-bond acceptors (Lipinski definition) is 3. The zero-order chi connectivity index (χ0) is 19.8. The van der Waals surface area contributed by atoms with Gasteiger partial charge in [-0.1, -0.05) is 42.5 Å². The predicted molar refractivity (Wildman–Crippen MR) is 119 cm³/mol. The van der Waals surface area contributed by atoms with Gasteiger partial charge in [-0.2, -0.15) is 0 Å². The van der Waals surface area contributed by atoms with Crippen LogP contribution < -0.4 is 5.32 Å². The summed E-state index contributed by atoms with van der Waals surface area (Å²) in [5.74, 6) is 1.85. The van der Waals surface area contributed by atoms with Gasteiger partial charge in [0.1, 0.15) is 5.82 Å². The predicted octanol–water partition coefficient (Wildman–Crippen LogP) is 4.69. The highest BCUT2D eigenvalue weighted by Crippen LogP contribution is 2.37. The second kappa shape index (κ2) is 7.58. The van der Waals surface area contributed by atoms with Crippen LogP contribution in [-0.4, -0.2) is 40.6 Å². The summed E-state index contributed by atoms with van der Waals surface area (Å²) in [5, 5.41) is 3.53. The zero-order valence-electron chi connectivity index (χ0n) is 17.6. The van der Waals surface area contributed by atoms with E-state index in [0.717, 1.165) is 31.7 Å². The summed E-state index contributed by atoms with van der Waals surface area (Å²) in [4.78, 5) is 7.76. The van der Waals surface area contributed by atoms with Crippen molar-refractivity contribution in [2.45, 2.75) is 50.6 Å². The Morgan fingerprint density at radius 1 is 0.931 bits per heavy atom. The van der Waals surface area contributed by atoms with E-state index in [9.17, 15) is 0 Å². The first-order valence-electron chi connectivity index (χ1n) is 11.1. The van der Waals surface area contributed by atoms with Crippen molar-refractivity contribution in [2.24, 2.45) is 0 Å². The molecular formula is C25H32N4. The molecular weight excluding hydrogens is 356 g/mol. The van der Waals surface area contributed by atoms with Gasteiger partial charge in [-0.3, -0.25) is 4.90 Å². The molecule has 3 aromatic rings. The van der Waals surface area contributed by atoms with Crippen LogP contribution in [0, 0.1) is 0 Å². The van der Waals surface area contributed by atoms with Gasteiger partial charge in [0.25, 0.3) is 0 Å². The lowest BCUT2D eigenvalue weighted by Crippen LogP contribution is -2.46. The molecule has 4 heteroatoms. The summed E-state index contributed by atoms with van der Waals surface area (Å²) in [7, 11) is 0. The van der Waals surface area contributed by atoms with Gasteiger partial charge in [0.05, 0.1) is 11.0 Å². The van der Waals surface area contributed by atoms with Gasteiger partial charge in [0.15, 0.2) is 0 Å². The minimum Gasteiger partial charge on any atom is -0.324 e. The van der Waals surface area contributed by atoms with Gasteiger partial charge in [-0.15, -0.1) is 0 Å². The number of fused-ring (bicyclic) bond motifs is 1. The van der Waals surface area contributed by atoms with E-state index in [1.165, 1.54) is 36.2 Å². The summed E-state index contributed by atoms with van der Waals surface area (Å²) >= 11 is 0. The Balaban J connectivity index is 1.41. The number of piperidine rings is 1. The van der Waals surface area contributed by atoms with Gasteiger partial charge in [0.2, 0.25) is 0 Å². The van der Waals surface area contributed by atoms with Crippen LogP contribution in [0.4, 0.5) is 0 Å². The molecule has 0 spiro atoms. The van der Waals surface area contributed by atoms with Crippen LogP contribution >= 0.6 is 0 Å². The van der Waals surface area contributed by atoms with Crippen LogP contribution in [0.2, 0.25) is 0 Å². The quantitative estimate of drug-likeness (QED) is 0.704. The van der Waals surface area contributed by atoms with Crippen molar-refractivity contribution in [1.82, 2.24) is 19.8 Å². The molecule has 1 N–H and O–H groups in total. The summed E-state index contributed by atoms with van der Waals surface area (Å²) in [6.07, 6.45) is 3.57. The normalized spacial score (nSPS) is 21.8. The first-order valence-corrected chi connectivity index (χ1v) is 11.1. The van der Waals surface area contributed by atoms with Gasteiger partial charge in [0, 0.05) is 37.1 Å². The third-order valence-electron chi connectivity index (χ3n) is 7.15. The SMILES string of the molecule is CC(C)(c1ccccc1)N1CCC(n2c([C@@H]3CCNC3)nc3ccccc32)CC1. The highest BCUT2D eigenvalue weighted by Gasteiger charge is 2.34. The molecule has 0 bridgehead atoms. The zero-order valence-corrected chi connectivity index (χ0v) is 17.6. The smallest absolute Gasteiger partial charge is 0.114 e. The molecule has 5 rings (SSSR count). The second-order valence-electron chi connectivity index (χ2n) is 9.16. The number of nitrogens with zero attached hydrogens (tertiary/aromatic N) is 3. The molecule has 29 heavy (non-hydrogen) atoms. The van der Waals surface area contributed by atoms with E-state index >= 15 is 0 Å². The molecule has 2 aromatic carbocycles. The number of imidazole rings is 1. The Labute approximate surface area is 173 Å². The molecule has 0 amide bonds. The van der Waals surface area contributed by atoms with Crippen LogP contribution in [0.5, 0.6) is 0 Å². The summed E-state index contributed by atoms with van der Waals surface area (Å²) in [6, 6.07) is 20.2. The fourth-order valence-electron chi connectivity index (χ4n) is 5.32. The van der Waals surface area contributed by atoms with E-state index in [1.54, 1.807) is 0 Å². The molecule has 0 radical (unpaired) electrons. The van der Waals surface area contributed by atoms with E-state index in [1.807, 2.05) is 0 Å². The lowest BCUT2D eigenvalue weighted by atomic mass is 9.89. The molecule has 0 aliphatic carbocycles. The molecule has 2 fully saturated rings. The van der Waals surface area contributed by atoms with E-state index in [0.29, 0.717) is 12.0 Å². The minimum absolute atomic E-state index is 0.0709. The Morgan fingerprint density at radius 2 is 1.66 bits per heavy atom. The number of aromatic nitrogens is 2. The Kier molecular flexibility index (Phi) is 4.92. The molecule has 2 saturated heterocycles. The molecule has 4 nitrogen and oxygen atoms in total. The number of benzene rings is 2. The molecule has 1 atom stereocenters. The third kappa shape index (κ3) is 3.38. The summed E-state index contributed by atoms with van der Waals surface area (Å²) in [6.45, 7) is 9.15. The van der Waals surface area contributed by atoms with Crippen LogP contribution in [0.15, 0.2) is 54.6 Å². The maximum atomic E-state index is 5.09. The van der Waals surface area contributed by atoms with Crippen molar-refractivity contribution < 1.29 is 0 Å². The Morgan fingerprint density at radius 3 is 2.38 bits per heavy atom. The molecule has 3 heterocycles. The maximum absolute atomic E-state index is 5.09. The number of hydrogen-bond donors (Lipinski definition) is 1.